The summed E-state index contributed by atoms with van der Waals surface area (Å²) in [5, 5.41) is 2.90. The number of hydrogen-bond acceptors (Lipinski definition) is 5. The molecule has 0 spiro atoms. The number of hydrogen-bond donors (Lipinski definition) is 1. The van der Waals surface area contributed by atoms with Crippen LogP contribution in [0, 0.1) is 5.92 Å². The molecule has 2 aromatic rings. The van der Waals surface area contributed by atoms with Crippen LogP contribution in [0.1, 0.15) is 25.7 Å². The number of nitrogens with zero attached hydrogens (tertiary/aromatic N) is 1. The Hall–Kier alpha value is -3.22. The number of anilines is 1. The van der Waals surface area contributed by atoms with Gasteiger partial charge < -0.3 is 24.4 Å². The van der Waals surface area contributed by atoms with E-state index >= 15 is 0 Å². The minimum absolute atomic E-state index is 0.0125. The number of rotatable bonds is 9. The molecule has 31 heavy (non-hydrogen) atoms. The summed E-state index contributed by atoms with van der Waals surface area (Å²) in [6, 6.07) is 14.6. The van der Waals surface area contributed by atoms with Crippen molar-refractivity contribution >= 4 is 17.5 Å². The average Bonchev–Trinajstić information content (AvgIpc) is 2.81. The Morgan fingerprint density at radius 2 is 1.74 bits per heavy atom. The molecule has 0 saturated carbocycles. The van der Waals surface area contributed by atoms with Gasteiger partial charge in [-0.3, -0.25) is 9.59 Å². The number of nitrogens with one attached hydrogen (secondary N) is 1. The quantitative estimate of drug-likeness (QED) is 0.661. The molecule has 0 unspecified atom stereocenters. The van der Waals surface area contributed by atoms with E-state index in [1.807, 2.05) is 35.2 Å². The fraction of sp³-hybridized carbons (Fsp3) is 0.417. The second kappa shape index (κ2) is 11.2. The van der Waals surface area contributed by atoms with Crippen molar-refractivity contribution in [3.05, 3.63) is 48.5 Å². The summed E-state index contributed by atoms with van der Waals surface area (Å²) < 4.78 is 16.1. The lowest BCUT2D eigenvalue weighted by molar-refractivity contribution is -0.135. The highest BCUT2D eigenvalue weighted by atomic mass is 16.5. The van der Waals surface area contributed by atoms with E-state index in [4.69, 9.17) is 14.2 Å². The predicted molar refractivity (Wildman–Crippen MR) is 119 cm³/mol. The molecule has 1 atom stereocenters. The zero-order chi connectivity index (χ0) is 22.1. The molecular formula is C24H30N2O5. The van der Waals surface area contributed by atoms with Gasteiger partial charge >= 0.3 is 0 Å². The summed E-state index contributed by atoms with van der Waals surface area (Å²) in [5.74, 6) is 2.16. The Morgan fingerprint density at radius 1 is 1.03 bits per heavy atom. The monoisotopic (exact) mass is 426 g/mol. The third-order valence-corrected chi connectivity index (χ3v) is 5.39. The lowest BCUT2D eigenvalue weighted by Gasteiger charge is -2.32. The lowest BCUT2D eigenvalue weighted by atomic mass is 9.93. The number of amides is 2. The molecule has 1 N–H and O–H groups in total. The third kappa shape index (κ3) is 6.91. The highest BCUT2D eigenvalue weighted by Crippen LogP contribution is 2.26. The van der Waals surface area contributed by atoms with E-state index in [0.29, 0.717) is 41.8 Å². The molecule has 0 radical (unpaired) electrons. The van der Waals surface area contributed by atoms with E-state index < -0.39 is 0 Å². The molecule has 1 aliphatic rings. The number of methoxy groups -OCH3 is 2. The Bertz CT molecular complexity index is 849. The molecule has 3 rings (SSSR count). The zero-order valence-corrected chi connectivity index (χ0v) is 18.1. The zero-order valence-electron chi connectivity index (χ0n) is 18.1. The molecule has 7 nitrogen and oxygen atoms in total. The third-order valence-electron chi connectivity index (χ3n) is 5.39. The largest absolute Gasteiger partial charge is 0.497 e. The van der Waals surface area contributed by atoms with Crippen molar-refractivity contribution in [1.29, 1.82) is 0 Å². The number of para-hydroxylation sites is 1. The van der Waals surface area contributed by atoms with Gasteiger partial charge in [-0.25, -0.2) is 0 Å². The molecule has 7 heteroatoms. The topological polar surface area (TPSA) is 77.1 Å². The molecule has 0 bridgehead atoms. The first-order valence-corrected chi connectivity index (χ1v) is 10.6. The Balaban J connectivity index is 1.45. The minimum atomic E-state index is -0.0637. The van der Waals surface area contributed by atoms with Gasteiger partial charge in [-0.05, 0) is 37.3 Å². The van der Waals surface area contributed by atoms with Gasteiger partial charge in [0.2, 0.25) is 5.91 Å². The average molecular weight is 427 g/mol. The molecule has 166 valence electrons. The molecule has 2 amide bonds. The Kier molecular flexibility index (Phi) is 8.15. The van der Waals surface area contributed by atoms with Crippen molar-refractivity contribution < 1.29 is 23.8 Å². The Labute approximate surface area is 183 Å². The number of benzene rings is 2. The molecule has 1 saturated heterocycles. The normalized spacial score (nSPS) is 15.8. The van der Waals surface area contributed by atoms with Crippen molar-refractivity contribution in [3.63, 3.8) is 0 Å². The summed E-state index contributed by atoms with van der Waals surface area (Å²) in [6.07, 6.45) is 3.09. The van der Waals surface area contributed by atoms with Crippen LogP contribution in [0.3, 0.4) is 0 Å². The van der Waals surface area contributed by atoms with Gasteiger partial charge in [-0.15, -0.1) is 0 Å². The van der Waals surface area contributed by atoms with Crippen LogP contribution >= 0.6 is 0 Å². The van der Waals surface area contributed by atoms with Gasteiger partial charge in [0.05, 0.1) is 14.2 Å². The highest BCUT2D eigenvalue weighted by Gasteiger charge is 2.24. The first-order chi connectivity index (χ1) is 15.1. The molecular weight excluding hydrogens is 396 g/mol. The highest BCUT2D eigenvalue weighted by molar-refractivity contribution is 5.91. The van der Waals surface area contributed by atoms with E-state index in [1.54, 1.807) is 32.4 Å². The van der Waals surface area contributed by atoms with Crippen molar-refractivity contribution in [2.24, 2.45) is 5.92 Å². The number of carbonyl (C=O) groups excluding carboxylic acids is 2. The van der Waals surface area contributed by atoms with Gasteiger partial charge in [-0.1, -0.05) is 18.2 Å². The SMILES string of the molecule is COc1cc(NC(=O)CC[C@@H]2CCCN(C(=O)COc3ccccc3)C2)cc(OC)c1. The summed E-state index contributed by atoms with van der Waals surface area (Å²) in [7, 11) is 3.14. The van der Waals surface area contributed by atoms with E-state index in [0.717, 1.165) is 25.8 Å². The maximum atomic E-state index is 12.5. The van der Waals surface area contributed by atoms with Crippen molar-refractivity contribution in [1.82, 2.24) is 4.90 Å². The number of likely N-dealkylation sites (tertiary alicyclic amines) is 1. The summed E-state index contributed by atoms with van der Waals surface area (Å²) >= 11 is 0. The summed E-state index contributed by atoms with van der Waals surface area (Å²) in [4.78, 5) is 26.8. The van der Waals surface area contributed by atoms with Crippen LogP contribution < -0.4 is 19.5 Å². The van der Waals surface area contributed by atoms with E-state index in [9.17, 15) is 9.59 Å². The predicted octanol–water partition coefficient (Wildman–Crippen LogP) is 3.74. The second-order valence-corrected chi connectivity index (χ2v) is 7.64. The van der Waals surface area contributed by atoms with Crippen LogP contribution in [0.15, 0.2) is 48.5 Å². The fourth-order valence-electron chi connectivity index (χ4n) is 3.72. The molecule has 2 aromatic carbocycles. The van der Waals surface area contributed by atoms with Crippen LogP contribution in [-0.4, -0.2) is 50.6 Å². The van der Waals surface area contributed by atoms with E-state index in [1.165, 1.54) is 0 Å². The first kappa shape index (κ1) is 22.5. The molecule has 1 aliphatic heterocycles. The van der Waals surface area contributed by atoms with Crippen LogP contribution in [0.25, 0.3) is 0 Å². The van der Waals surface area contributed by atoms with Gasteiger partial charge in [0.25, 0.3) is 5.91 Å². The van der Waals surface area contributed by atoms with Crippen LogP contribution in [-0.2, 0) is 9.59 Å². The van der Waals surface area contributed by atoms with Gasteiger partial charge in [0.15, 0.2) is 6.61 Å². The number of piperidine rings is 1. The lowest BCUT2D eigenvalue weighted by Crippen LogP contribution is -2.42. The van der Waals surface area contributed by atoms with Gasteiger partial charge in [-0.2, -0.15) is 0 Å². The van der Waals surface area contributed by atoms with Gasteiger partial charge in [0.1, 0.15) is 17.2 Å². The number of carbonyl (C=O) groups is 2. The van der Waals surface area contributed by atoms with Gasteiger partial charge in [0, 0.05) is 43.4 Å². The fourth-order valence-corrected chi connectivity index (χ4v) is 3.72. The standard InChI is InChI=1S/C24H30N2O5/c1-29-21-13-19(14-22(15-21)30-2)25-23(27)11-10-18-7-6-12-26(16-18)24(28)17-31-20-8-4-3-5-9-20/h3-5,8-9,13-15,18H,6-7,10-12,16-17H2,1-2H3,(H,25,27)/t18-/m0/s1. The van der Waals surface area contributed by atoms with Crippen LogP contribution in [0.4, 0.5) is 5.69 Å². The molecule has 1 fully saturated rings. The summed E-state index contributed by atoms with van der Waals surface area (Å²) in [6.45, 7) is 1.44. The first-order valence-electron chi connectivity index (χ1n) is 10.6. The van der Waals surface area contributed by atoms with E-state index in [2.05, 4.69) is 5.32 Å². The molecule has 0 aliphatic carbocycles. The van der Waals surface area contributed by atoms with Crippen molar-refractivity contribution in [3.8, 4) is 17.2 Å². The van der Waals surface area contributed by atoms with E-state index in [-0.39, 0.29) is 18.4 Å². The van der Waals surface area contributed by atoms with Crippen molar-refractivity contribution in [2.75, 3.05) is 39.2 Å². The summed E-state index contributed by atoms with van der Waals surface area (Å²) in [5.41, 5.74) is 0.639. The van der Waals surface area contributed by atoms with Crippen LogP contribution in [0.5, 0.6) is 17.2 Å². The smallest absolute Gasteiger partial charge is 0.260 e. The number of ether oxygens (including phenoxy) is 3. The maximum Gasteiger partial charge on any atom is 0.260 e. The minimum Gasteiger partial charge on any atom is -0.497 e. The van der Waals surface area contributed by atoms with Crippen molar-refractivity contribution in [2.45, 2.75) is 25.7 Å². The maximum absolute atomic E-state index is 12.5. The van der Waals surface area contributed by atoms with Crippen LogP contribution in [0.2, 0.25) is 0 Å². The molecule has 0 aromatic heterocycles. The second-order valence-electron chi connectivity index (χ2n) is 7.64. The molecule has 1 heterocycles. The Morgan fingerprint density at radius 3 is 2.42 bits per heavy atom.